The van der Waals surface area contributed by atoms with Crippen molar-refractivity contribution >= 4 is 29.2 Å². The molecule has 1 aliphatic rings. The van der Waals surface area contributed by atoms with Crippen molar-refractivity contribution in [3.8, 4) is 11.1 Å². The molecular weight excluding hydrogens is 426 g/mol. The fourth-order valence-electron chi connectivity index (χ4n) is 4.08. The summed E-state index contributed by atoms with van der Waals surface area (Å²) in [4.78, 5) is 23.5. The molecule has 0 spiro atoms. The Morgan fingerprint density at radius 2 is 1.94 bits per heavy atom. The van der Waals surface area contributed by atoms with Crippen molar-refractivity contribution in [2.45, 2.75) is 25.8 Å². The lowest BCUT2D eigenvalue weighted by atomic mass is 10.0. The van der Waals surface area contributed by atoms with E-state index in [0.717, 1.165) is 53.5 Å². The van der Waals surface area contributed by atoms with Gasteiger partial charge in [0.05, 0.1) is 11.9 Å². The van der Waals surface area contributed by atoms with Crippen LogP contribution in [0.15, 0.2) is 71.4 Å². The highest BCUT2D eigenvalue weighted by Gasteiger charge is 2.17. The first-order valence-electron chi connectivity index (χ1n) is 11.4. The summed E-state index contributed by atoms with van der Waals surface area (Å²) in [5, 5.41) is 12.6. The molecule has 4 rings (SSSR count). The summed E-state index contributed by atoms with van der Waals surface area (Å²) in [6.45, 7) is 7.44. The number of nitrogens with zero attached hydrogens (tertiary/aromatic N) is 5. The second-order valence-corrected chi connectivity index (χ2v) is 8.80. The zero-order valence-corrected chi connectivity index (χ0v) is 20.0. The summed E-state index contributed by atoms with van der Waals surface area (Å²) in [6.07, 6.45) is 11.1. The van der Waals surface area contributed by atoms with Crippen LogP contribution in [-0.2, 0) is 11.8 Å². The van der Waals surface area contributed by atoms with Gasteiger partial charge in [-0.15, -0.1) is 0 Å². The summed E-state index contributed by atoms with van der Waals surface area (Å²) in [5.74, 6) is 0.291. The first kappa shape index (κ1) is 23.4. The average molecular weight is 458 g/mol. The third kappa shape index (κ3) is 5.77. The number of anilines is 1. The molecule has 8 nitrogen and oxygen atoms in total. The predicted octanol–water partition coefficient (Wildman–Crippen LogP) is 3.75. The van der Waals surface area contributed by atoms with E-state index < -0.39 is 0 Å². The molecule has 0 aliphatic carbocycles. The predicted molar refractivity (Wildman–Crippen MR) is 138 cm³/mol. The molecule has 2 aromatic heterocycles. The number of likely N-dealkylation sites (tertiary alicyclic amines) is 1. The monoisotopic (exact) mass is 457 g/mol. The molecule has 0 bridgehead atoms. The molecule has 176 valence electrons. The van der Waals surface area contributed by atoms with Crippen LogP contribution in [0.1, 0.15) is 19.8 Å². The first-order valence-corrected chi connectivity index (χ1v) is 11.4. The first-order chi connectivity index (χ1) is 16.4. The molecule has 0 atom stereocenters. The van der Waals surface area contributed by atoms with E-state index in [0.29, 0.717) is 17.4 Å². The van der Waals surface area contributed by atoms with Gasteiger partial charge in [-0.3, -0.25) is 14.5 Å². The van der Waals surface area contributed by atoms with Crippen molar-refractivity contribution in [2.24, 2.45) is 12.0 Å². The third-order valence-electron chi connectivity index (χ3n) is 6.05. The van der Waals surface area contributed by atoms with E-state index in [4.69, 9.17) is 0 Å². The Morgan fingerprint density at radius 3 is 2.65 bits per heavy atom. The fourth-order valence-corrected chi connectivity index (χ4v) is 4.08. The van der Waals surface area contributed by atoms with Crippen molar-refractivity contribution in [2.75, 3.05) is 25.5 Å². The number of carbonyl (C=O) groups excluding carboxylic acids is 1. The number of hydrogen-bond donors (Lipinski definition) is 2. The highest BCUT2D eigenvalue weighted by atomic mass is 16.1. The van der Waals surface area contributed by atoms with Gasteiger partial charge in [0.15, 0.2) is 0 Å². The fraction of sp³-hybridized carbons (Fsp3) is 0.308. The number of aromatic nitrogens is 3. The molecule has 0 radical (unpaired) electrons. The molecule has 0 unspecified atom stereocenters. The van der Waals surface area contributed by atoms with Gasteiger partial charge >= 0.3 is 0 Å². The summed E-state index contributed by atoms with van der Waals surface area (Å²) < 4.78 is 1.78. The van der Waals surface area contributed by atoms with Gasteiger partial charge in [-0.2, -0.15) is 5.10 Å². The maximum Gasteiger partial charge on any atom is 0.252 e. The van der Waals surface area contributed by atoms with Gasteiger partial charge in [0.25, 0.3) is 5.91 Å². The van der Waals surface area contributed by atoms with Crippen LogP contribution in [0.2, 0.25) is 0 Å². The Morgan fingerprint density at radius 1 is 1.15 bits per heavy atom. The zero-order valence-electron chi connectivity index (χ0n) is 20.0. The number of carbonyl (C=O) groups is 1. The van der Waals surface area contributed by atoms with Crippen LogP contribution in [0.3, 0.4) is 0 Å². The molecule has 1 fully saturated rings. The number of rotatable bonds is 7. The maximum absolute atomic E-state index is 12.9. The van der Waals surface area contributed by atoms with Crippen LogP contribution < -0.4 is 10.6 Å². The molecule has 3 heterocycles. The largest absolute Gasteiger partial charge is 0.381 e. The molecule has 1 amide bonds. The molecule has 1 aromatic carbocycles. The van der Waals surface area contributed by atoms with Gasteiger partial charge in [0.1, 0.15) is 5.82 Å². The van der Waals surface area contributed by atoms with Crippen LogP contribution >= 0.6 is 0 Å². The van der Waals surface area contributed by atoms with Crippen molar-refractivity contribution < 1.29 is 4.79 Å². The number of amides is 1. The van der Waals surface area contributed by atoms with Crippen LogP contribution in [0.5, 0.6) is 0 Å². The Balaban J connectivity index is 1.47. The number of aryl methyl sites for hydroxylation is 1. The van der Waals surface area contributed by atoms with Crippen LogP contribution in [0, 0.1) is 0 Å². The number of allylic oxidation sites excluding steroid dienone is 1. The molecule has 1 saturated heterocycles. The second-order valence-electron chi connectivity index (χ2n) is 8.80. The lowest BCUT2D eigenvalue weighted by molar-refractivity contribution is -0.112. The Labute approximate surface area is 200 Å². The van der Waals surface area contributed by atoms with Crippen LogP contribution in [-0.4, -0.2) is 58.5 Å². The highest BCUT2D eigenvalue weighted by molar-refractivity contribution is 6.04. The SMILES string of the molecule is C=N/C=C(\C=C(/C)C(=O)Nc1cc2cc(-c3cnn(C)c3)ccc2cn1)NC1CCN(C)CC1. The standard InChI is InChI=1S/C26H31N7O/c1-18(11-24(16-27-2)30-23-7-9-32(3)10-8-23)26(34)31-25-13-21-12-19(5-6-20(21)14-28-25)22-15-29-33(4)17-22/h5-6,11-17,23,30H,2,7-10H2,1,3-4H3,(H,28,31,34)/b18-11+,24-16+. The number of benzene rings is 1. The summed E-state index contributed by atoms with van der Waals surface area (Å²) in [6, 6.07) is 8.39. The van der Waals surface area contributed by atoms with E-state index in [9.17, 15) is 4.79 Å². The zero-order chi connectivity index (χ0) is 24.1. The number of piperidine rings is 1. The normalized spacial score (nSPS) is 16.0. The van der Waals surface area contributed by atoms with Crippen molar-refractivity contribution in [3.05, 3.63) is 66.4 Å². The van der Waals surface area contributed by atoms with Crippen molar-refractivity contribution in [1.29, 1.82) is 0 Å². The van der Waals surface area contributed by atoms with Gasteiger partial charge in [0.2, 0.25) is 0 Å². The average Bonchev–Trinajstić information content (AvgIpc) is 3.26. The van der Waals surface area contributed by atoms with Gasteiger partial charge in [-0.25, -0.2) is 4.98 Å². The number of nitrogens with one attached hydrogen (secondary N) is 2. The molecule has 3 aromatic rings. The van der Waals surface area contributed by atoms with E-state index in [1.165, 1.54) is 0 Å². The van der Waals surface area contributed by atoms with E-state index in [2.05, 4.69) is 50.4 Å². The van der Waals surface area contributed by atoms with Gasteiger partial charge < -0.3 is 15.5 Å². The number of hydrogen-bond acceptors (Lipinski definition) is 6. The lowest BCUT2D eigenvalue weighted by Gasteiger charge is -2.30. The van der Waals surface area contributed by atoms with E-state index in [-0.39, 0.29) is 5.91 Å². The smallest absolute Gasteiger partial charge is 0.252 e. The molecular formula is C26H31N7O. The number of fused-ring (bicyclic) bond motifs is 1. The Hall–Kier alpha value is -3.78. The minimum Gasteiger partial charge on any atom is -0.381 e. The number of aliphatic imine (C=N–C) groups is 1. The molecule has 1 aliphatic heterocycles. The van der Waals surface area contributed by atoms with Gasteiger partial charge in [-0.05, 0) is 75.8 Å². The molecule has 8 heteroatoms. The maximum atomic E-state index is 12.9. The summed E-state index contributed by atoms with van der Waals surface area (Å²) >= 11 is 0. The minimum atomic E-state index is -0.213. The molecule has 0 saturated carbocycles. The Bertz CT molecular complexity index is 1250. The van der Waals surface area contributed by atoms with E-state index >= 15 is 0 Å². The van der Waals surface area contributed by atoms with Gasteiger partial charge in [0, 0.05) is 48.2 Å². The van der Waals surface area contributed by atoms with Crippen LogP contribution in [0.25, 0.3) is 21.9 Å². The second kappa shape index (κ2) is 10.4. The Kier molecular flexibility index (Phi) is 7.18. The third-order valence-corrected chi connectivity index (χ3v) is 6.05. The van der Waals surface area contributed by atoms with Crippen molar-refractivity contribution in [1.82, 2.24) is 25.0 Å². The van der Waals surface area contributed by atoms with Gasteiger partial charge in [-0.1, -0.05) is 12.1 Å². The summed E-state index contributed by atoms with van der Waals surface area (Å²) in [7, 11) is 4.03. The lowest BCUT2D eigenvalue weighted by Crippen LogP contribution is -2.40. The summed E-state index contributed by atoms with van der Waals surface area (Å²) in [5.41, 5.74) is 3.44. The van der Waals surface area contributed by atoms with Crippen LogP contribution in [0.4, 0.5) is 5.82 Å². The minimum absolute atomic E-state index is 0.213. The topological polar surface area (TPSA) is 87.4 Å². The highest BCUT2D eigenvalue weighted by Crippen LogP contribution is 2.25. The van der Waals surface area contributed by atoms with E-state index in [1.54, 1.807) is 24.0 Å². The van der Waals surface area contributed by atoms with E-state index in [1.807, 2.05) is 43.7 Å². The van der Waals surface area contributed by atoms with Crippen molar-refractivity contribution in [3.63, 3.8) is 0 Å². The molecule has 2 N–H and O–H groups in total. The molecule has 34 heavy (non-hydrogen) atoms. The number of pyridine rings is 1. The quantitative estimate of drug-likeness (QED) is 0.321.